The molecule has 0 fully saturated rings. The lowest BCUT2D eigenvalue weighted by Gasteiger charge is -1.97. The standard InChI is InChI=1S/C10H10O.B/c1-7-2-3-8-4-5-10(11)9(8)6-7;/h2-3,6H,4-5H2,1H3;. The van der Waals surface area contributed by atoms with Crippen LogP contribution in [0.2, 0.25) is 0 Å². The number of hydrogen-bond acceptors (Lipinski definition) is 1. The Morgan fingerprint density at radius 3 is 2.75 bits per heavy atom. The SMILES string of the molecule is Cc1ccc2c(c1)C(=O)CC2.[B]. The van der Waals surface area contributed by atoms with E-state index >= 15 is 0 Å². The van der Waals surface area contributed by atoms with Crippen LogP contribution in [-0.4, -0.2) is 14.2 Å². The second-order valence-corrected chi connectivity index (χ2v) is 3.08. The van der Waals surface area contributed by atoms with Crippen molar-refractivity contribution in [1.29, 1.82) is 0 Å². The van der Waals surface area contributed by atoms with E-state index in [0.29, 0.717) is 12.2 Å². The molecule has 1 aromatic carbocycles. The van der Waals surface area contributed by atoms with Crippen molar-refractivity contribution in [1.82, 2.24) is 0 Å². The second-order valence-electron chi connectivity index (χ2n) is 3.08. The first kappa shape index (κ1) is 9.05. The van der Waals surface area contributed by atoms with Crippen LogP contribution in [0.25, 0.3) is 0 Å². The van der Waals surface area contributed by atoms with Crippen LogP contribution in [0.5, 0.6) is 0 Å². The number of rotatable bonds is 0. The van der Waals surface area contributed by atoms with Gasteiger partial charge in [-0.1, -0.05) is 17.7 Å². The van der Waals surface area contributed by atoms with Crippen LogP contribution in [0, 0.1) is 6.92 Å². The van der Waals surface area contributed by atoms with Gasteiger partial charge < -0.3 is 0 Å². The van der Waals surface area contributed by atoms with Crippen molar-refractivity contribution >= 4 is 14.2 Å². The van der Waals surface area contributed by atoms with Crippen LogP contribution >= 0.6 is 0 Å². The monoisotopic (exact) mass is 157 g/mol. The smallest absolute Gasteiger partial charge is 0.163 e. The quantitative estimate of drug-likeness (QED) is 0.524. The summed E-state index contributed by atoms with van der Waals surface area (Å²) in [6, 6.07) is 6.12. The van der Waals surface area contributed by atoms with Crippen LogP contribution in [0.1, 0.15) is 27.9 Å². The molecule has 2 rings (SSSR count). The van der Waals surface area contributed by atoms with Gasteiger partial charge in [-0.25, -0.2) is 0 Å². The molecule has 0 atom stereocenters. The summed E-state index contributed by atoms with van der Waals surface area (Å²) in [4.78, 5) is 11.2. The normalized spacial score (nSPS) is 13.9. The Bertz CT molecular complexity index is 318. The fourth-order valence-electron chi connectivity index (χ4n) is 1.55. The molecule has 0 aromatic heterocycles. The minimum atomic E-state index is 0. The molecule has 0 saturated carbocycles. The van der Waals surface area contributed by atoms with Crippen LogP contribution in [0.15, 0.2) is 18.2 Å². The highest BCUT2D eigenvalue weighted by Gasteiger charge is 2.18. The molecule has 0 aliphatic heterocycles. The minimum Gasteiger partial charge on any atom is -0.294 e. The molecule has 0 saturated heterocycles. The first-order chi connectivity index (χ1) is 5.27. The van der Waals surface area contributed by atoms with Crippen molar-refractivity contribution in [3.05, 3.63) is 34.9 Å². The summed E-state index contributed by atoms with van der Waals surface area (Å²) < 4.78 is 0. The molecule has 0 unspecified atom stereocenters. The van der Waals surface area contributed by atoms with Gasteiger partial charge in [0.15, 0.2) is 5.78 Å². The van der Waals surface area contributed by atoms with Gasteiger partial charge in [-0.2, -0.15) is 0 Å². The summed E-state index contributed by atoms with van der Waals surface area (Å²) in [5, 5.41) is 0. The largest absolute Gasteiger partial charge is 0.294 e. The van der Waals surface area contributed by atoms with E-state index in [1.807, 2.05) is 13.0 Å². The number of benzene rings is 1. The highest BCUT2D eigenvalue weighted by molar-refractivity contribution is 6.00. The van der Waals surface area contributed by atoms with Gasteiger partial charge in [-0.15, -0.1) is 0 Å². The maximum atomic E-state index is 11.2. The molecule has 1 aliphatic carbocycles. The average Bonchev–Trinajstić information content (AvgIpc) is 2.33. The number of hydrogen-bond donors (Lipinski definition) is 0. The Kier molecular flexibility index (Phi) is 2.36. The van der Waals surface area contributed by atoms with E-state index in [9.17, 15) is 4.79 Å². The van der Waals surface area contributed by atoms with Gasteiger partial charge in [-0.05, 0) is 25.0 Å². The molecule has 59 valence electrons. The summed E-state index contributed by atoms with van der Waals surface area (Å²) in [7, 11) is 0. The number of Topliss-reactive ketones (excluding diaryl/α,β-unsaturated/α-hetero) is 1. The van der Waals surface area contributed by atoms with E-state index in [1.165, 1.54) is 11.1 Å². The average molecular weight is 157 g/mol. The number of carbonyl (C=O) groups excluding carboxylic acids is 1. The highest BCUT2D eigenvalue weighted by atomic mass is 16.1. The van der Waals surface area contributed by atoms with Gasteiger partial charge in [0, 0.05) is 20.4 Å². The van der Waals surface area contributed by atoms with Crippen LogP contribution < -0.4 is 0 Å². The Morgan fingerprint density at radius 1 is 1.25 bits per heavy atom. The molecule has 1 aliphatic rings. The molecule has 0 bridgehead atoms. The first-order valence-electron chi connectivity index (χ1n) is 3.90. The van der Waals surface area contributed by atoms with Crippen molar-refractivity contribution in [3.63, 3.8) is 0 Å². The van der Waals surface area contributed by atoms with Gasteiger partial charge in [-0.3, -0.25) is 4.79 Å². The summed E-state index contributed by atoms with van der Waals surface area (Å²) in [5.74, 6) is 0.309. The fraction of sp³-hybridized carbons (Fsp3) is 0.300. The maximum absolute atomic E-state index is 11.2. The van der Waals surface area contributed by atoms with Crippen molar-refractivity contribution in [2.45, 2.75) is 19.8 Å². The van der Waals surface area contributed by atoms with Crippen molar-refractivity contribution in [2.24, 2.45) is 0 Å². The Hall–Kier alpha value is -1.05. The number of carbonyl (C=O) groups is 1. The molecule has 0 heterocycles. The number of aryl methyl sites for hydroxylation is 2. The van der Waals surface area contributed by atoms with Gasteiger partial charge in [0.1, 0.15) is 0 Å². The molecule has 2 heteroatoms. The predicted molar refractivity (Wildman–Crippen MR) is 49.6 cm³/mol. The van der Waals surface area contributed by atoms with Crippen LogP contribution in [-0.2, 0) is 6.42 Å². The topological polar surface area (TPSA) is 17.1 Å². The summed E-state index contributed by atoms with van der Waals surface area (Å²) in [6.45, 7) is 2.02. The molecule has 0 spiro atoms. The molecular weight excluding hydrogens is 147 g/mol. The summed E-state index contributed by atoms with van der Waals surface area (Å²) >= 11 is 0. The van der Waals surface area contributed by atoms with Gasteiger partial charge in [0.05, 0.1) is 0 Å². The predicted octanol–water partition coefficient (Wildman–Crippen LogP) is 1.74. The van der Waals surface area contributed by atoms with E-state index in [2.05, 4.69) is 12.1 Å². The second kappa shape index (κ2) is 3.14. The van der Waals surface area contributed by atoms with E-state index in [-0.39, 0.29) is 8.41 Å². The lowest BCUT2D eigenvalue weighted by Crippen LogP contribution is -1.90. The van der Waals surface area contributed by atoms with E-state index in [4.69, 9.17) is 0 Å². The molecule has 1 nitrogen and oxygen atoms in total. The molecule has 0 N–H and O–H groups in total. The van der Waals surface area contributed by atoms with Gasteiger partial charge >= 0.3 is 0 Å². The van der Waals surface area contributed by atoms with Crippen LogP contribution in [0.3, 0.4) is 0 Å². The van der Waals surface area contributed by atoms with Crippen LogP contribution in [0.4, 0.5) is 0 Å². The minimum absolute atomic E-state index is 0. The Balaban J connectivity index is 0.000000720. The molecular formula is C10H10BO. The third-order valence-electron chi connectivity index (χ3n) is 2.19. The Labute approximate surface area is 74.4 Å². The van der Waals surface area contributed by atoms with Gasteiger partial charge in [0.25, 0.3) is 0 Å². The molecule has 0 amide bonds. The molecule has 1 aromatic rings. The molecule has 3 radical (unpaired) electrons. The summed E-state index contributed by atoms with van der Waals surface area (Å²) in [5.41, 5.74) is 3.35. The summed E-state index contributed by atoms with van der Waals surface area (Å²) in [6.07, 6.45) is 1.65. The van der Waals surface area contributed by atoms with Crippen molar-refractivity contribution < 1.29 is 4.79 Å². The number of fused-ring (bicyclic) bond motifs is 1. The molecule has 12 heavy (non-hydrogen) atoms. The zero-order valence-electron chi connectivity index (χ0n) is 7.13. The van der Waals surface area contributed by atoms with Crippen molar-refractivity contribution in [3.8, 4) is 0 Å². The van der Waals surface area contributed by atoms with Crippen molar-refractivity contribution in [2.75, 3.05) is 0 Å². The third-order valence-corrected chi connectivity index (χ3v) is 2.19. The van der Waals surface area contributed by atoms with Gasteiger partial charge in [0.2, 0.25) is 0 Å². The number of ketones is 1. The zero-order valence-corrected chi connectivity index (χ0v) is 7.13. The van der Waals surface area contributed by atoms with E-state index in [0.717, 1.165) is 12.0 Å². The maximum Gasteiger partial charge on any atom is 0.163 e. The van der Waals surface area contributed by atoms with E-state index in [1.54, 1.807) is 0 Å². The fourth-order valence-corrected chi connectivity index (χ4v) is 1.55. The Morgan fingerprint density at radius 2 is 2.00 bits per heavy atom. The first-order valence-corrected chi connectivity index (χ1v) is 3.90. The lowest BCUT2D eigenvalue weighted by molar-refractivity contribution is 0.0994. The lowest BCUT2D eigenvalue weighted by atomic mass is 10.1. The third kappa shape index (κ3) is 1.29. The van der Waals surface area contributed by atoms with E-state index < -0.39 is 0 Å². The highest BCUT2D eigenvalue weighted by Crippen LogP contribution is 2.22. The zero-order chi connectivity index (χ0) is 7.84.